The van der Waals surface area contributed by atoms with Gasteiger partial charge in [0.05, 0.1) is 30.0 Å². The molecule has 4 rings (SSSR count). The van der Waals surface area contributed by atoms with E-state index in [2.05, 4.69) is 5.10 Å². The number of benzene rings is 2. The van der Waals surface area contributed by atoms with Gasteiger partial charge in [0.25, 0.3) is 5.91 Å². The quantitative estimate of drug-likeness (QED) is 0.555. The van der Waals surface area contributed by atoms with Crippen molar-refractivity contribution in [2.75, 3.05) is 18.4 Å². The molecular weight excluding hydrogens is 372 g/mol. The molecule has 2 aliphatic rings. The number of fused-ring (bicyclic) bond motifs is 1. The van der Waals surface area contributed by atoms with Crippen LogP contribution in [0.5, 0.6) is 11.5 Å². The van der Waals surface area contributed by atoms with Crippen LogP contribution in [0.1, 0.15) is 25.3 Å². The fraction of sp³-hybridized carbons (Fsp3) is 0.227. The van der Waals surface area contributed by atoms with Gasteiger partial charge in [0, 0.05) is 6.42 Å². The molecule has 2 aromatic rings. The first-order valence-corrected chi connectivity index (χ1v) is 9.40. The number of nitrogens with zero attached hydrogens (tertiary/aromatic N) is 2. The second kappa shape index (κ2) is 8.18. The van der Waals surface area contributed by atoms with Gasteiger partial charge in [-0.05, 0) is 42.8 Å². The molecule has 0 saturated heterocycles. The predicted octanol–water partition coefficient (Wildman–Crippen LogP) is 3.54. The Bertz CT molecular complexity index is 998. The highest BCUT2D eigenvalue weighted by Crippen LogP contribution is 2.34. The Labute approximate surface area is 168 Å². The molecule has 2 aliphatic heterocycles. The Morgan fingerprint density at radius 1 is 1.17 bits per heavy atom. The molecule has 0 bridgehead atoms. The van der Waals surface area contributed by atoms with Crippen LogP contribution in [0.25, 0.3) is 6.08 Å². The predicted molar refractivity (Wildman–Crippen MR) is 108 cm³/mol. The van der Waals surface area contributed by atoms with Gasteiger partial charge in [-0.15, -0.1) is 0 Å². The van der Waals surface area contributed by atoms with Crippen LogP contribution in [-0.2, 0) is 14.3 Å². The third-order valence-electron chi connectivity index (χ3n) is 4.53. The maximum Gasteiger partial charge on any atom is 0.306 e. The van der Waals surface area contributed by atoms with Crippen molar-refractivity contribution < 1.29 is 23.8 Å². The van der Waals surface area contributed by atoms with Gasteiger partial charge in [0.15, 0.2) is 11.5 Å². The van der Waals surface area contributed by atoms with E-state index >= 15 is 0 Å². The molecule has 0 fully saturated rings. The number of hydrazone groups is 1. The molecule has 7 heteroatoms. The normalized spacial score (nSPS) is 16.3. The van der Waals surface area contributed by atoms with Crippen LogP contribution in [0, 0.1) is 0 Å². The molecule has 2 heterocycles. The molecule has 0 aliphatic carbocycles. The van der Waals surface area contributed by atoms with Crippen LogP contribution >= 0.6 is 0 Å². The lowest BCUT2D eigenvalue weighted by atomic mass is 10.0. The van der Waals surface area contributed by atoms with Gasteiger partial charge in [0.2, 0.25) is 6.79 Å². The number of carbonyl (C=O) groups is 2. The van der Waals surface area contributed by atoms with E-state index in [9.17, 15) is 9.59 Å². The van der Waals surface area contributed by atoms with Crippen molar-refractivity contribution in [2.24, 2.45) is 5.10 Å². The lowest BCUT2D eigenvalue weighted by Crippen LogP contribution is -2.21. The fourth-order valence-electron chi connectivity index (χ4n) is 3.15. The summed E-state index contributed by atoms with van der Waals surface area (Å²) in [4.78, 5) is 24.9. The average Bonchev–Trinajstić information content (AvgIpc) is 3.32. The van der Waals surface area contributed by atoms with E-state index in [1.54, 1.807) is 19.1 Å². The van der Waals surface area contributed by atoms with E-state index in [-0.39, 0.29) is 25.1 Å². The van der Waals surface area contributed by atoms with Gasteiger partial charge in [-0.3, -0.25) is 9.59 Å². The van der Waals surface area contributed by atoms with E-state index in [0.717, 1.165) is 5.56 Å². The minimum atomic E-state index is -0.316. The van der Waals surface area contributed by atoms with E-state index in [0.29, 0.717) is 41.5 Å². The lowest BCUT2D eigenvalue weighted by molar-refractivity contribution is -0.142. The van der Waals surface area contributed by atoms with Crippen molar-refractivity contribution in [1.82, 2.24) is 0 Å². The summed E-state index contributed by atoms with van der Waals surface area (Å²) in [7, 11) is 0. The molecule has 7 nitrogen and oxygen atoms in total. The first-order chi connectivity index (χ1) is 14.2. The summed E-state index contributed by atoms with van der Waals surface area (Å²) in [6.45, 7) is 2.26. The zero-order valence-corrected chi connectivity index (χ0v) is 16.0. The van der Waals surface area contributed by atoms with Crippen molar-refractivity contribution in [3.05, 3.63) is 59.7 Å². The number of para-hydroxylation sites is 1. The Hall–Kier alpha value is -3.61. The van der Waals surface area contributed by atoms with Gasteiger partial charge >= 0.3 is 5.97 Å². The summed E-state index contributed by atoms with van der Waals surface area (Å²) >= 11 is 0. The van der Waals surface area contributed by atoms with E-state index in [4.69, 9.17) is 14.2 Å². The molecule has 0 unspecified atom stereocenters. The SMILES string of the molecule is CCOC(=O)CCC1=NN(c2ccccc2)C(=O)/C1=C\c1ccc2c(c1)OCO2. The maximum absolute atomic E-state index is 13.1. The van der Waals surface area contributed by atoms with Crippen LogP contribution in [-0.4, -0.2) is 31.0 Å². The molecule has 0 spiro atoms. The van der Waals surface area contributed by atoms with Gasteiger partial charge in [-0.2, -0.15) is 10.1 Å². The summed E-state index contributed by atoms with van der Waals surface area (Å²) in [5, 5.41) is 5.85. The van der Waals surface area contributed by atoms with Crippen molar-refractivity contribution in [1.29, 1.82) is 0 Å². The standard InChI is InChI=1S/C22H20N2O5/c1-2-27-21(25)11-9-18-17(12-15-8-10-19-20(13-15)29-14-28-19)22(26)24(23-18)16-6-4-3-5-7-16/h3-8,10,12-13H,2,9,11,14H2,1H3/b17-12-. The topological polar surface area (TPSA) is 77.4 Å². The number of amides is 1. The van der Waals surface area contributed by atoms with Gasteiger partial charge < -0.3 is 14.2 Å². The van der Waals surface area contributed by atoms with Crippen molar-refractivity contribution in [3.8, 4) is 11.5 Å². The lowest BCUT2D eigenvalue weighted by Gasteiger charge is -2.11. The minimum Gasteiger partial charge on any atom is -0.466 e. The molecule has 1 amide bonds. The summed E-state index contributed by atoms with van der Waals surface area (Å²) < 4.78 is 15.8. The van der Waals surface area contributed by atoms with Crippen LogP contribution in [0.2, 0.25) is 0 Å². The molecule has 0 atom stereocenters. The summed E-state index contributed by atoms with van der Waals surface area (Å²) in [6.07, 6.45) is 2.22. The van der Waals surface area contributed by atoms with Crippen LogP contribution < -0.4 is 14.5 Å². The number of rotatable bonds is 6. The Kier molecular flexibility index (Phi) is 5.29. The number of esters is 1. The van der Waals surface area contributed by atoms with Crippen molar-refractivity contribution in [3.63, 3.8) is 0 Å². The van der Waals surface area contributed by atoms with Gasteiger partial charge in [-0.1, -0.05) is 24.3 Å². The Balaban J connectivity index is 1.65. The first-order valence-electron chi connectivity index (χ1n) is 9.40. The zero-order valence-electron chi connectivity index (χ0n) is 16.0. The van der Waals surface area contributed by atoms with Crippen LogP contribution in [0.4, 0.5) is 5.69 Å². The highest BCUT2D eigenvalue weighted by atomic mass is 16.7. The van der Waals surface area contributed by atoms with E-state index in [1.807, 2.05) is 42.5 Å². The number of carbonyl (C=O) groups excluding carboxylic acids is 2. The van der Waals surface area contributed by atoms with Crippen molar-refractivity contribution >= 4 is 29.4 Å². The van der Waals surface area contributed by atoms with Gasteiger partial charge in [-0.25, -0.2) is 0 Å². The molecule has 148 valence electrons. The summed E-state index contributed by atoms with van der Waals surface area (Å²) in [6, 6.07) is 14.7. The Morgan fingerprint density at radius 3 is 2.76 bits per heavy atom. The smallest absolute Gasteiger partial charge is 0.306 e. The minimum absolute atomic E-state index is 0.154. The second-order valence-corrected chi connectivity index (χ2v) is 6.47. The molecule has 0 radical (unpaired) electrons. The van der Waals surface area contributed by atoms with Crippen LogP contribution in [0.15, 0.2) is 59.2 Å². The van der Waals surface area contributed by atoms with E-state index < -0.39 is 0 Å². The molecule has 0 N–H and O–H groups in total. The molecule has 0 aromatic heterocycles. The molecule has 29 heavy (non-hydrogen) atoms. The maximum atomic E-state index is 13.1. The molecular formula is C22H20N2O5. The third-order valence-corrected chi connectivity index (χ3v) is 4.53. The largest absolute Gasteiger partial charge is 0.466 e. The van der Waals surface area contributed by atoms with Crippen LogP contribution in [0.3, 0.4) is 0 Å². The number of hydrogen-bond donors (Lipinski definition) is 0. The highest BCUT2D eigenvalue weighted by Gasteiger charge is 2.31. The summed E-state index contributed by atoms with van der Waals surface area (Å²) in [5.74, 6) is 0.748. The fourth-order valence-corrected chi connectivity index (χ4v) is 3.15. The molecule has 2 aromatic carbocycles. The number of hydrogen-bond acceptors (Lipinski definition) is 6. The van der Waals surface area contributed by atoms with Gasteiger partial charge in [0.1, 0.15) is 0 Å². The highest BCUT2D eigenvalue weighted by molar-refractivity contribution is 6.33. The number of ether oxygens (including phenoxy) is 3. The third kappa shape index (κ3) is 3.99. The summed E-state index contributed by atoms with van der Waals surface area (Å²) in [5.41, 5.74) is 2.44. The first kappa shape index (κ1) is 18.7. The zero-order chi connectivity index (χ0) is 20.2. The monoisotopic (exact) mass is 392 g/mol. The Morgan fingerprint density at radius 2 is 1.97 bits per heavy atom. The molecule has 0 saturated carbocycles. The number of anilines is 1. The van der Waals surface area contributed by atoms with Crippen molar-refractivity contribution in [2.45, 2.75) is 19.8 Å². The average molecular weight is 392 g/mol. The second-order valence-electron chi connectivity index (χ2n) is 6.47. The van der Waals surface area contributed by atoms with E-state index in [1.165, 1.54) is 5.01 Å².